The number of ether oxygens (including phenoxy) is 1. The third-order valence-electron chi connectivity index (χ3n) is 3.64. The summed E-state index contributed by atoms with van der Waals surface area (Å²) in [6.45, 7) is 3.95. The van der Waals surface area contributed by atoms with Crippen LogP contribution in [0.15, 0.2) is 41.1 Å². The van der Waals surface area contributed by atoms with Crippen LogP contribution in [0.1, 0.15) is 23.9 Å². The van der Waals surface area contributed by atoms with Gasteiger partial charge in [-0.3, -0.25) is 0 Å². The average Bonchev–Trinajstić information content (AvgIpc) is 3.23. The first-order chi connectivity index (χ1) is 12.0. The van der Waals surface area contributed by atoms with Gasteiger partial charge in [-0.05, 0) is 13.8 Å². The number of hydrogen-bond donors (Lipinski definition) is 1. The van der Waals surface area contributed by atoms with Crippen LogP contribution in [0.5, 0.6) is 0 Å². The first-order valence-electron chi connectivity index (χ1n) is 7.77. The number of nitrogens with zero attached hydrogens (tertiary/aromatic N) is 4. The number of carboxylic acid groups (broad SMARTS) is 1. The van der Waals surface area contributed by atoms with Crippen LogP contribution in [0.25, 0.3) is 11.3 Å². The summed E-state index contributed by atoms with van der Waals surface area (Å²) in [5, 5.41) is 20.8. The fourth-order valence-corrected chi connectivity index (χ4v) is 2.17. The number of aryl methyl sites for hydroxylation is 1. The molecule has 130 valence electrons. The van der Waals surface area contributed by atoms with Gasteiger partial charge in [0.05, 0.1) is 12.8 Å². The monoisotopic (exact) mass is 342 g/mol. The van der Waals surface area contributed by atoms with Gasteiger partial charge in [-0.15, -0.1) is 5.10 Å². The lowest BCUT2D eigenvalue weighted by Gasteiger charge is -2.05. The molecule has 0 fully saturated rings. The van der Waals surface area contributed by atoms with Gasteiger partial charge in [0.1, 0.15) is 17.9 Å². The standard InChI is InChI=1S/C17H18N4O4/c1-11-3-5-13(6-4-11)16-7-15(25-19-16)9-21-8-14(18-20-21)10-24-12(2)17(22)23/h3-8,12H,9-10H2,1-2H3,(H,22,23)/t12-/m1/s1. The van der Waals surface area contributed by atoms with Gasteiger partial charge in [-0.25, -0.2) is 9.48 Å². The fourth-order valence-electron chi connectivity index (χ4n) is 2.17. The van der Waals surface area contributed by atoms with Crippen molar-refractivity contribution in [2.75, 3.05) is 0 Å². The first kappa shape index (κ1) is 16.8. The second-order valence-electron chi connectivity index (χ2n) is 5.74. The van der Waals surface area contributed by atoms with Gasteiger partial charge >= 0.3 is 5.97 Å². The van der Waals surface area contributed by atoms with Crippen molar-refractivity contribution >= 4 is 5.97 Å². The van der Waals surface area contributed by atoms with Crippen molar-refractivity contribution in [3.63, 3.8) is 0 Å². The second kappa shape index (κ2) is 7.27. The molecule has 0 aliphatic carbocycles. The van der Waals surface area contributed by atoms with Crippen molar-refractivity contribution in [1.82, 2.24) is 20.2 Å². The molecule has 2 heterocycles. The third-order valence-corrected chi connectivity index (χ3v) is 3.64. The summed E-state index contributed by atoms with van der Waals surface area (Å²) in [6.07, 6.45) is 0.791. The van der Waals surface area contributed by atoms with Crippen LogP contribution in [-0.4, -0.2) is 37.3 Å². The van der Waals surface area contributed by atoms with Crippen LogP contribution in [0, 0.1) is 6.92 Å². The molecule has 1 N–H and O–H groups in total. The first-order valence-corrected chi connectivity index (χ1v) is 7.77. The lowest BCUT2D eigenvalue weighted by atomic mass is 10.1. The minimum absolute atomic E-state index is 0.0818. The third kappa shape index (κ3) is 4.30. The van der Waals surface area contributed by atoms with E-state index in [0.29, 0.717) is 18.0 Å². The Balaban J connectivity index is 1.62. The van der Waals surface area contributed by atoms with Gasteiger partial charge in [0.2, 0.25) is 0 Å². The Morgan fingerprint density at radius 3 is 2.84 bits per heavy atom. The van der Waals surface area contributed by atoms with Crippen LogP contribution in [0.2, 0.25) is 0 Å². The Morgan fingerprint density at radius 1 is 1.36 bits per heavy atom. The van der Waals surface area contributed by atoms with Gasteiger partial charge in [-0.1, -0.05) is 40.2 Å². The van der Waals surface area contributed by atoms with E-state index >= 15 is 0 Å². The van der Waals surface area contributed by atoms with Crippen molar-refractivity contribution in [2.24, 2.45) is 0 Å². The van der Waals surface area contributed by atoms with E-state index in [1.54, 1.807) is 10.9 Å². The van der Waals surface area contributed by atoms with E-state index in [-0.39, 0.29) is 6.61 Å². The molecule has 0 unspecified atom stereocenters. The van der Waals surface area contributed by atoms with Crippen molar-refractivity contribution in [3.8, 4) is 11.3 Å². The van der Waals surface area contributed by atoms with Crippen LogP contribution in [0.3, 0.4) is 0 Å². The van der Waals surface area contributed by atoms with Crippen LogP contribution in [0.4, 0.5) is 0 Å². The average molecular weight is 342 g/mol. The quantitative estimate of drug-likeness (QED) is 0.702. The normalized spacial score (nSPS) is 12.2. The number of aliphatic carboxylic acids is 1. The minimum atomic E-state index is -1.02. The smallest absolute Gasteiger partial charge is 0.332 e. The van der Waals surface area contributed by atoms with E-state index < -0.39 is 12.1 Å². The van der Waals surface area contributed by atoms with E-state index in [1.165, 1.54) is 12.5 Å². The number of benzene rings is 1. The summed E-state index contributed by atoms with van der Waals surface area (Å²) in [7, 11) is 0. The Kier molecular flexibility index (Phi) is 4.90. The highest BCUT2D eigenvalue weighted by molar-refractivity contribution is 5.71. The molecule has 0 amide bonds. The number of hydrogen-bond acceptors (Lipinski definition) is 6. The maximum Gasteiger partial charge on any atom is 0.332 e. The summed E-state index contributed by atoms with van der Waals surface area (Å²) in [6, 6.07) is 9.88. The molecule has 1 aromatic carbocycles. The summed E-state index contributed by atoms with van der Waals surface area (Å²) < 4.78 is 12.1. The molecular weight excluding hydrogens is 324 g/mol. The number of aromatic nitrogens is 4. The van der Waals surface area contributed by atoms with Crippen molar-refractivity contribution in [3.05, 3.63) is 53.5 Å². The number of rotatable bonds is 7. The largest absolute Gasteiger partial charge is 0.479 e. The molecule has 0 radical (unpaired) electrons. The maximum absolute atomic E-state index is 10.7. The topological polar surface area (TPSA) is 103 Å². The molecule has 8 nitrogen and oxygen atoms in total. The molecule has 0 aliphatic heterocycles. The Bertz CT molecular complexity index is 854. The lowest BCUT2D eigenvalue weighted by molar-refractivity contribution is -0.149. The summed E-state index contributed by atoms with van der Waals surface area (Å²) >= 11 is 0. The molecule has 0 spiro atoms. The zero-order chi connectivity index (χ0) is 17.8. The molecule has 1 atom stereocenters. The molecule has 0 aliphatic rings. The molecule has 0 bridgehead atoms. The molecular formula is C17H18N4O4. The molecule has 0 saturated heterocycles. The fraction of sp³-hybridized carbons (Fsp3) is 0.294. The zero-order valence-electron chi connectivity index (χ0n) is 13.9. The van der Waals surface area contributed by atoms with Gasteiger partial charge in [0.25, 0.3) is 0 Å². The minimum Gasteiger partial charge on any atom is -0.479 e. The zero-order valence-corrected chi connectivity index (χ0v) is 13.9. The van der Waals surface area contributed by atoms with E-state index in [0.717, 1.165) is 11.3 Å². The van der Waals surface area contributed by atoms with E-state index in [4.69, 9.17) is 14.4 Å². The molecule has 3 aromatic rings. The Labute approximate surface area is 144 Å². The number of carbonyl (C=O) groups is 1. The second-order valence-corrected chi connectivity index (χ2v) is 5.74. The Hall–Kier alpha value is -3.00. The molecule has 25 heavy (non-hydrogen) atoms. The van der Waals surface area contributed by atoms with Gasteiger partial charge in [-0.2, -0.15) is 0 Å². The predicted octanol–water partition coefficient (Wildman–Crippen LogP) is 2.28. The Morgan fingerprint density at radius 2 is 2.12 bits per heavy atom. The van der Waals surface area contributed by atoms with Crippen molar-refractivity contribution < 1.29 is 19.2 Å². The van der Waals surface area contributed by atoms with E-state index in [1.807, 2.05) is 37.3 Å². The molecule has 2 aromatic heterocycles. The highest BCUT2D eigenvalue weighted by atomic mass is 16.5. The molecule has 3 rings (SSSR count). The van der Waals surface area contributed by atoms with Crippen molar-refractivity contribution in [1.29, 1.82) is 0 Å². The maximum atomic E-state index is 10.7. The van der Waals surface area contributed by atoms with Crippen LogP contribution >= 0.6 is 0 Å². The van der Waals surface area contributed by atoms with Gasteiger partial charge in [0.15, 0.2) is 11.9 Å². The van der Waals surface area contributed by atoms with Crippen LogP contribution < -0.4 is 0 Å². The summed E-state index contributed by atoms with van der Waals surface area (Å²) in [5.41, 5.74) is 3.47. The van der Waals surface area contributed by atoms with Crippen LogP contribution in [-0.2, 0) is 22.7 Å². The van der Waals surface area contributed by atoms with Gasteiger partial charge < -0.3 is 14.4 Å². The highest BCUT2D eigenvalue weighted by Gasteiger charge is 2.13. The predicted molar refractivity (Wildman–Crippen MR) is 87.7 cm³/mol. The molecule has 0 saturated carbocycles. The van der Waals surface area contributed by atoms with Crippen molar-refractivity contribution in [2.45, 2.75) is 33.1 Å². The lowest BCUT2D eigenvalue weighted by Crippen LogP contribution is -2.19. The SMILES string of the molecule is Cc1ccc(-c2cc(Cn3cc(CO[C@H](C)C(=O)O)nn3)on2)cc1. The summed E-state index contributed by atoms with van der Waals surface area (Å²) in [4.78, 5) is 10.7. The molecule has 8 heteroatoms. The van der Waals surface area contributed by atoms with E-state index in [9.17, 15) is 4.79 Å². The van der Waals surface area contributed by atoms with Gasteiger partial charge in [0, 0.05) is 11.6 Å². The highest BCUT2D eigenvalue weighted by Crippen LogP contribution is 2.20. The summed E-state index contributed by atoms with van der Waals surface area (Å²) in [5.74, 6) is -0.371. The van der Waals surface area contributed by atoms with E-state index in [2.05, 4.69) is 15.5 Å². The number of carboxylic acids is 1.